The molecule has 100 valence electrons. The van der Waals surface area contributed by atoms with Crippen molar-refractivity contribution in [1.29, 1.82) is 0 Å². The fourth-order valence-electron chi connectivity index (χ4n) is 1.75. The maximum absolute atomic E-state index is 4.66. The third-order valence-electron chi connectivity index (χ3n) is 2.93. The van der Waals surface area contributed by atoms with Crippen LogP contribution in [0.5, 0.6) is 0 Å². The third kappa shape index (κ3) is 4.02. The number of thiol groups is 1. The van der Waals surface area contributed by atoms with Gasteiger partial charge in [-0.05, 0) is 28.7 Å². The molecule has 1 aromatic heterocycles. The van der Waals surface area contributed by atoms with Crippen LogP contribution >= 0.6 is 24.4 Å². The maximum Gasteiger partial charge on any atom is 0.0973 e. The molecule has 3 heteroatoms. The van der Waals surface area contributed by atoms with Crippen LogP contribution in [0.2, 0.25) is 0 Å². The molecule has 0 aliphatic carbocycles. The average molecular weight is 289 g/mol. The fourth-order valence-corrected chi connectivity index (χ4v) is 3.04. The Kier molecular flexibility index (Phi) is 4.58. The van der Waals surface area contributed by atoms with Crippen LogP contribution in [0.15, 0.2) is 53.7 Å². The van der Waals surface area contributed by atoms with E-state index in [-0.39, 0.29) is 10.00 Å². The number of hydrogen-bond acceptors (Lipinski definition) is 3. The molecule has 0 aliphatic rings. The summed E-state index contributed by atoms with van der Waals surface area (Å²) in [6.45, 7) is 6.68. The molecule has 0 bridgehead atoms. The lowest BCUT2D eigenvalue weighted by atomic mass is 9.87. The van der Waals surface area contributed by atoms with Crippen molar-refractivity contribution in [3.63, 3.8) is 0 Å². The Hall–Kier alpha value is -0.930. The van der Waals surface area contributed by atoms with E-state index < -0.39 is 0 Å². The fraction of sp³-hybridized carbons (Fsp3) is 0.312. The molecule has 1 unspecified atom stereocenters. The molecule has 1 aromatic carbocycles. The van der Waals surface area contributed by atoms with Crippen molar-refractivity contribution in [2.45, 2.75) is 35.8 Å². The second kappa shape index (κ2) is 6.02. The molecule has 0 saturated heterocycles. The minimum atomic E-state index is 0.115. The summed E-state index contributed by atoms with van der Waals surface area (Å²) in [5.74, 6) is 0. The first-order chi connectivity index (χ1) is 8.97. The monoisotopic (exact) mass is 289 g/mol. The zero-order chi connectivity index (χ0) is 13.9. The van der Waals surface area contributed by atoms with Gasteiger partial charge >= 0.3 is 0 Å². The topological polar surface area (TPSA) is 12.9 Å². The van der Waals surface area contributed by atoms with E-state index in [1.54, 1.807) is 11.8 Å². The Labute approximate surface area is 125 Å². The predicted molar refractivity (Wildman–Crippen MR) is 87.0 cm³/mol. The van der Waals surface area contributed by atoms with Crippen molar-refractivity contribution < 1.29 is 0 Å². The zero-order valence-corrected chi connectivity index (χ0v) is 13.2. The molecule has 0 amide bonds. The van der Waals surface area contributed by atoms with Crippen LogP contribution < -0.4 is 0 Å². The zero-order valence-electron chi connectivity index (χ0n) is 11.5. The Balaban J connectivity index is 2.10. The summed E-state index contributed by atoms with van der Waals surface area (Å²) in [6.07, 6.45) is 1.81. The van der Waals surface area contributed by atoms with Gasteiger partial charge < -0.3 is 0 Å². The molecule has 0 saturated carbocycles. The molecule has 0 spiro atoms. The number of hydrogen-bond donors (Lipinski definition) is 1. The summed E-state index contributed by atoms with van der Waals surface area (Å²) >= 11 is 6.32. The number of pyridine rings is 1. The van der Waals surface area contributed by atoms with Gasteiger partial charge in [-0.1, -0.05) is 62.9 Å². The van der Waals surface area contributed by atoms with Gasteiger partial charge in [-0.2, -0.15) is 12.6 Å². The smallest absolute Gasteiger partial charge is 0.0973 e. The van der Waals surface area contributed by atoms with E-state index in [1.807, 2.05) is 24.4 Å². The SMILES string of the molecule is CC(C)(C)c1ccc(C(S)Sc2ccccn2)cc1. The minimum Gasteiger partial charge on any atom is -0.250 e. The summed E-state index contributed by atoms with van der Waals surface area (Å²) in [6, 6.07) is 14.6. The number of aromatic nitrogens is 1. The summed E-state index contributed by atoms with van der Waals surface area (Å²) < 4.78 is 0.115. The van der Waals surface area contributed by atoms with Crippen LogP contribution in [0.3, 0.4) is 0 Å². The van der Waals surface area contributed by atoms with E-state index in [0.29, 0.717) is 0 Å². The van der Waals surface area contributed by atoms with Crippen molar-refractivity contribution in [1.82, 2.24) is 4.98 Å². The van der Waals surface area contributed by atoms with Crippen LogP contribution in [-0.2, 0) is 5.41 Å². The minimum absolute atomic E-state index is 0.115. The number of thioether (sulfide) groups is 1. The van der Waals surface area contributed by atoms with Crippen molar-refractivity contribution in [2.75, 3.05) is 0 Å². The number of nitrogens with zero attached hydrogens (tertiary/aromatic N) is 1. The molecule has 0 fully saturated rings. The molecule has 19 heavy (non-hydrogen) atoms. The molecule has 0 N–H and O–H groups in total. The molecular weight excluding hydrogens is 270 g/mol. The van der Waals surface area contributed by atoms with Crippen LogP contribution in [0.4, 0.5) is 0 Å². The first-order valence-corrected chi connectivity index (χ1v) is 7.72. The predicted octanol–water partition coefficient (Wildman–Crippen LogP) is 5.10. The van der Waals surface area contributed by atoms with Gasteiger partial charge in [0.15, 0.2) is 0 Å². The van der Waals surface area contributed by atoms with Crippen molar-refractivity contribution >= 4 is 24.4 Å². The highest BCUT2D eigenvalue weighted by molar-refractivity contribution is 8.09. The van der Waals surface area contributed by atoms with Gasteiger partial charge in [-0.3, -0.25) is 0 Å². The first-order valence-electron chi connectivity index (χ1n) is 6.33. The lowest BCUT2D eigenvalue weighted by Gasteiger charge is -2.20. The largest absolute Gasteiger partial charge is 0.250 e. The summed E-state index contributed by atoms with van der Waals surface area (Å²) in [4.78, 5) is 4.32. The standard InChI is InChI=1S/C16H19NS2/c1-16(2,3)13-9-7-12(8-10-13)15(18)19-14-6-4-5-11-17-14/h4-11,15,18H,1-3H3. The second-order valence-electron chi connectivity index (χ2n) is 5.51. The molecule has 2 rings (SSSR count). The van der Waals surface area contributed by atoms with Gasteiger partial charge in [0.05, 0.1) is 9.61 Å². The summed E-state index contributed by atoms with van der Waals surface area (Å²) in [7, 11) is 0. The van der Waals surface area contributed by atoms with E-state index >= 15 is 0 Å². The molecule has 0 aliphatic heterocycles. The molecule has 2 aromatic rings. The summed E-state index contributed by atoms with van der Waals surface area (Å²) in [5, 5.41) is 1.00. The highest BCUT2D eigenvalue weighted by Gasteiger charge is 2.14. The molecule has 1 heterocycles. The Bertz CT molecular complexity index is 515. The van der Waals surface area contributed by atoms with E-state index in [9.17, 15) is 0 Å². The molecule has 0 radical (unpaired) electrons. The van der Waals surface area contributed by atoms with E-state index in [4.69, 9.17) is 0 Å². The lowest BCUT2D eigenvalue weighted by Crippen LogP contribution is -2.10. The van der Waals surface area contributed by atoms with Gasteiger partial charge in [-0.15, -0.1) is 0 Å². The van der Waals surface area contributed by atoms with Gasteiger partial charge in [-0.25, -0.2) is 4.98 Å². The van der Waals surface area contributed by atoms with Gasteiger partial charge in [0.25, 0.3) is 0 Å². The van der Waals surface area contributed by atoms with E-state index in [0.717, 1.165) is 5.03 Å². The molecule has 1 nitrogen and oxygen atoms in total. The molecular formula is C16H19NS2. The highest BCUT2D eigenvalue weighted by Crippen LogP contribution is 2.37. The highest BCUT2D eigenvalue weighted by atomic mass is 32.2. The molecule has 1 atom stereocenters. The van der Waals surface area contributed by atoms with Crippen molar-refractivity contribution in [3.05, 3.63) is 59.8 Å². The van der Waals surface area contributed by atoms with Gasteiger partial charge in [0, 0.05) is 6.20 Å². The Morgan fingerprint density at radius 1 is 1.05 bits per heavy atom. The van der Waals surface area contributed by atoms with Gasteiger partial charge in [0.1, 0.15) is 0 Å². The number of benzene rings is 1. The third-order valence-corrected chi connectivity index (χ3v) is 4.52. The van der Waals surface area contributed by atoms with Crippen molar-refractivity contribution in [3.8, 4) is 0 Å². The lowest BCUT2D eigenvalue weighted by molar-refractivity contribution is 0.590. The Morgan fingerprint density at radius 3 is 2.26 bits per heavy atom. The van der Waals surface area contributed by atoms with Crippen LogP contribution in [0, 0.1) is 0 Å². The van der Waals surface area contributed by atoms with Crippen LogP contribution in [-0.4, -0.2) is 4.98 Å². The van der Waals surface area contributed by atoms with Crippen LogP contribution in [0.1, 0.15) is 36.5 Å². The normalized spacial score (nSPS) is 13.3. The average Bonchev–Trinajstić information content (AvgIpc) is 2.39. The van der Waals surface area contributed by atoms with Crippen molar-refractivity contribution in [2.24, 2.45) is 0 Å². The summed E-state index contributed by atoms with van der Waals surface area (Å²) in [5.41, 5.74) is 2.75. The van der Waals surface area contributed by atoms with Gasteiger partial charge in [0.2, 0.25) is 0 Å². The Morgan fingerprint density at radius 2 is 1.74 bits per heavy atom. The van der Waals surface area contributed by atoms with Crippen LogP contribution in [0.25, 0.3) is 0 Å². The number of rotatable bonds is 3. The quantitative estimate of drug-likeness (QED) is 0.479. The second-order valence-corrected chi connectivity index (χ2v) is 7.50. The first kappa shape index (κ1) is 14.5. The van der Waals surface area contributed by atoms with E-state index in [1.165, 1.54) is 11.1 Å². The van der Waals surface area contributed by atoms with E-state index in [2.05, 4.69) is 62.6 Å². The maximum atomic E-state index is 4.66.